The van der Waals surface area contributed by atoms with Gasteiger partial charge in [0.25, 0.3) is 5.76 Å². The van der Waals surface area contributed by atoms with Gasteiger partial charge in [0.1, 0.15) is 6.54 Å². The van der Waals surface area contributed by atoms with Crippen LogP contribution in [0.5, 0.6) is 0 Å². The third-order valence-corrected chi connectivity index (χ3v) is 3.71. The second kappa shape index (κ2) is 8.47. The van der Waals surface area contributed by atoms with E-state index in [1.54, 1.807) is 26.2 Å². The van der Waals surface area contributed by atoms with Crippen LogP contribution in [-0.4, -0.2) is 46.5 Å². The highest BCUT2D eigenvalue weighted by Crippen LogP contribution is 2.27. The van der Waals surface area contributed by atoms with Gasteiger partial charge in [-0.3, -0.25) is 9.48 Å². The van der Waals surface area contributed by atoms with E-state index in [1.807, 2.05) is 0 Å². The molecule has 0 aliphatic heterocycles. The summed E-state index contributed by atoms with van der Waals surface area (Å²) in [4.78, 5) is 25.4. The quantitative estimate of drug-likeness (QED) is 0.768. The number of halogens is 2. The summed E-state index contributed by atoms with van der Waals surface area (Å²) in [5.41, 5.74) is 0.792. The topological polar surface area (TPSA) is 79.3 Å². The van der Waals surface area contributed by atoms with Gasteiger partial charge in [-0.15, -0.1) is 0 Å². The first kappa shape index (κ1) is 18.7. The summed E-state index contributed by atoms with van der Waals surface area (Å²) >= 11 is 0.401. The zero-order valence-electron chi connectivity index (χ0n) is 13.6. The molecule has 0 spiro atoms. The van der Waals surface area contributed by atoms with Crippen LogP contribution in [0.2, 0.25) is 0 Å². The highest BCUT2D eigenvalue weighted by molar-refractivity contribution is 7.99. The zero-order valence-corrected chi connectivity index (χ0v) is 14.4. The molecule has 2 aromatic rings. The van der Waals surface area contributed by atoms with Crippen LogP contribution in [0.3, 0.4) is 0 Å². The molecular formula is C15H17F2N5O2S. The van der Waals surface area contributed by atoms with Crippen molar-refractivity contribution in [3.63, 3.8) is 0 Å². The van der Waals surface area contributed by atoms with Gasteiger partial charge in [-0.25, -0.2) is 4.79 Å². The van der Waals surface area contributed by atoms with E-state index in [0.29, 0.717) is 28.0 Å². The van der Waals surface area contributed by atoms with Crippen LogP contribution >= 0.6 is 11.8 Å². The molecule has 1 heterocycles. The Balaban J connectivity index is 1.92. The summed E-state index contributed by atoms with van der Waals surface area (Å²) in [7, 11) is 3.28. The molecule has 0 fully saturated rings. The van der Waals surface area contributed by atoms with E-state index in [0.717, 1.165) is 0 Å². The van der Waals surface area contributed by atoms with E-state index in [1.165, 1.54) is 34.1 Å². The molecule has 0 bridgehead atoms. The maximum absolute atomic E-state index is 12.4. The summed E-state index contributed by atoms with van der Waals surface area (Å²) in [6, 6.07) is 5.61. The number of nitrogens with zero attached hydrogens (tertiary/aromatic N) is 3. The predicted octanol–water partition coefficient (Wildman–Crippen LogP) is 2.93. The van der Waals surface area contributed by atoms with E-state index in [-0.39, 0.29) is 12.5 Å². The predicted molar refractivity (Wildman–Crippen MR) is 91.9 cm³/mol. The number of amides is 3. The molecule has 0 atom stereocenters. The Morgan fingerprint density at radius 3 is 2.68 bits per heavy atom. The van der Waals surface area contributed by atoms with Gasteiger partial charge in [0.2, 0.25) is 5.91 Å². The molecule has 0 aliphatic carbocycles. The number of aromatic nitrogens is 2. The first-order chi connectivity index (χ1) is 11.8. The van der Waals surface area contributed by atoms with Crippen LogP contribution in [0.4, 0.5) is 25.0 Å². The summed E-state index contributed by atoms with van der Waals surface area (Å²) in [5.74, 6) is -2.66. The lowest BCUT2D eigenvalue weighted by Crippen LogP contribution is -2.26. The monoisotopic (exact) mass is 369 g/mol. The molecule has 0 saturated carbocycles. The van der Waals surface area contributed by atoms with Gasteiger partial charge in [-0.1, -0.05) is 17.8 Å². The minimum Gasteiger partial charge on any atom is -0.347 e. The Morgan fingerprint density at radius 1 is 1.28 bits per heavy atom. The van der Waals surface area contributed by atoms with Gasteiger partial charge < -0.3 is 15.5 Å². The lowest BCUT2D eigenvalue weighted by molar-refractivity contribution is -0.129. The maximum atomic E-state index is 12.4. The number of benzene rings is 1. The van der Waals surface area contributed by atoms with Gasteiger partial charge in [0.05, 0.1) is 11.9 Å². The standard InChI is InChI=1S/C15H17F2N5O2S/c1-21(2)13(23)9-22-8-11(7-18-22)20-15(24)19-10-4-3-5-12(6-10)25-14(16)17/h3-8,14H,9H2,1-2H3,(H2,19,20,24). The minimum atomic E-state index is -2.53. The van der Waals surface area contributed by atoms with E-state index in [9.17, 15) is 18.4 Å². The average Bonchev–Trinajstić information content (AvgIpc) is 2.93. The van der Waals surface area contributed by atoms with Crippen molar-refractivity contribution >= 4 is 35.1 Å². The van der Waals surface area contributed by atoms with Crippen LogP contribution in [0.15, 0.2) is 41.6 Å². The first-order valence-electron chi connectivity index (χ1n) is 7.19. The summed E-state index contributed by atoms with van der Waals surface area (Å²) in [6.45, 7) is 0.0587. The summed E-state index contributed by atoms with van der Waals surface area (Å²) in [5, 5.41) is 9.10. The number of hydrogen-bond acceptors (Lipinski definition) is 4. The third-order valence-electron chi connectivity index (χ3n) is 3.00. The molecule has 0 aliphatic rings. The maximum Gasteiger partial charge on any atom is 0.323 e. The molecule has 0 radical (unpaired) electrons. The van der Waals surface area contributed by atoms with Crippen LogP contribution in [0, 0.1) is 0 Å². The molecule has 134 valence electrons. The largest absolute Gasteiger partial charge is 0.347 e. The number of anilines is 2. The van der Waals surface area contributed by atoms with Crippen LogP contribution in [0.1, 0.15) is 0 Å². The highest BCUT2D eigenvalue weighted by Gasteiger charge is 2.10. The van der Waals surface area contributed by atoms with Crippen molar-refractivity contribution in [1.82, 2.24) is 14.7 Å². The van der Waals surface area contributed by atoms with E-state index < -0.39 is 11.8 Å². The molecule has 3 amide bonds. The first-order valence-corrected chi connectivity index (χ1v) is 8.07. The van der Waals surface area contributed by atoms with Crippen molar-refractivity contribution in [2.75, 3.05) is 24.7 Å². The van der Waals surface area contributed by atoms with Gasteiger partial charge in [0, 0.05) is 30.9 Å². The molecule has 0 saturated heterocycles. The fraction of sp³-hybridized carbons (Fsp3) is 0.267. The number of rotatable bonds is 6. The summed E-state index contributed by atoms with van der Waals surface area (Å²) < 4.78 is 26.1. The highest BCUT2D eigenvalue weighted by atomic mass is 32.2. The number of carbonyl (C=O) groups is 2. The van der Waals surface area contributed by atoms with Crippen LogP contribution in [0.25, 0.3) is 0 Å². The second-order valence-corrected chi connectivity index (χ2v) is 6.26. The molecule has 7 nitrogen and oxygen atoms in total. The second-order valence-electron chi connectivity index (χ2n) is 5.20. The number of alkyl halides is 2. The van der Waals surface area contributed by atoms with Crippen molar-refractivity contribution in [3.05, 3.63) is 36.7 Å². The third kappa shape index (κ3) is 6.07. The molecule has 10 heteroatoms. The van der Waals surface area contributed by atoms with E-state index in [2.05, 4.69) is 15.7 Å². The van der Waals surface area contributed by atoms with E-state index in [4.69, 9.17) is 0 Å². The number of thioether (sulfide) groups is 1. The SMILES string of the molecule is CN(C)C(=O)Cn1cc(NC(=O)Nc2cccc(SC(F)F)c2)cn1. The van der Waals surface area contributed by atoms with Crippen molar-refractivity contribution in [1.29, 1.82) is 0 Å². The lowest BCUT2D eigenvalue weighted by atomic mass is 10.3. The average molecular weight is 369 g/mol. The number of carbonyl (C=O) groups excluding carboxylic acids is 2. The molecule has 2 rings (SSSR count). The fourth-order valence-corrected chi connectivity index (χ4v) is 2.40. The number of likely N-dealkylation sites (N-methyl/N-ethyl adjacent to an activating group) is 1. The Bertz CT molecular complexity index is 751. The number of nitrogens with one attached hydrogen (secondary N) is 2. The van der Waals surface area contributed by atoms with Crippen molar-refractivity contribution in [2.24, 2.45) is 0 Å². The normalized spacial score (nSPS) is 10.6. The smallest absolute Gasteiger partial charge is 0.323 e. The molecule has 0 unspecified atom stereocenters. The molecule has 25 heavy (non-hydrogen) atoms. The number of urea groups is 1. The van der Waals surface area contributed by atoms with Crippen molar-refractivity contribution in [3.8, 4) is 0 Å². The van der Waals surface area contributed by atoms with Gasteiger partial charge in [-0.2, -0.15) is 13.9 Å². The fourth-order valence-electron chi connectivity index (χ4n) is 1.84. The van der Waals surface area contributed by atoms with Crippen molar-refractivity contribution in [2.45, 2.75) is 17.2 Å². The Labute approximate surface area is 147 Å². The molecule has 1 aromatic heterocycles. The summed E-state index contributed by atoms with van der Waals surface area (Å²) in [6.07, 6.45) is 2.93. The molecular weight excluding hydrogens is 352 g/mol. The van der Waals surface area contributed by atoms with Crippen molar-refractivity contribution < 1.29 is 18.4 Å². The molecule has 1 aromatic carbocycles. The van der Waals surface area contributed by atoms with Crippen LogP contribution in [-0.2, 0) is 11.3 Å². The van der Waals surface area contributed by atoms with Gasteiger partial charge in [0.15, 0.2) is 0 Å². The molecule has 2 N–H and O–H groups in total. The Morgan fingerprint density at radius 2 is 2.00 bits per heavy atom. The number of hydrogen-bond donors (Lipinski definition) is 2. The lowest BCUT2D eigenvalue weighted by Gasteiger charge is -2.09. The zero-order chi connectivity index (χ0) is 18.4. The van der Waals surface area contributed by atoms with Gasteiger partial charge >= 0.3 is 6.03 Å². The van der Waals surface area contributed by atoms with Crippen LogP contribution < -0.4 is 10.6 Å². The minimum absolute atomic E-state index is 0.0587. The Kier molecular flexibility index (Phi) is 6.34. The van der Waals surface area contributed by atoms with E-state index >= 15 is 0 Å². The Hall–Kier alpha value is -2.62. The van der Waals surface area contributed by atoms with Gasteiger partial charge in [-0.05, 0) is 18.2 Å².